The van der Waals surface area contributed by atoms with E-state index in [1.165, 1.54) is 0 Å². The predicted octanol–water partition coefficient (Wildman–Crippen LogP) is 3.46. The second kappa shape index (κ2) is 5.22. The van der Waals surface area contributed by atoms with Gasteiger partial charge in [-0.05, 0) is 30.7 Å². The highest BCUT2D eigenvalue weighted by Gasteiger charge is 2.14. The molecule has 0 aliphatic rings. The standard InChI is InChI=1S/C13H12N4S2/c1-18-11-8(12-14-6-3-7-15-12)4-5-9-10(11)17-13(16-9)19-2/h3-7H,1-2H3,(H,16,17). The Hall–Kier alpha value is -1.53. The Kier molecular flexibility index (Phi) is 3.44. The number of fused-ring (bicyclic) bond motifs is 1. The van der Waals surface area contributed by atoms with Crippen LogP contribution < -0.4 is 0 Å². The number of thioether (sulfide) groups is 2. The number of rotatable bonds is 3. The van der Waals surface area contributed by atoms with Gasteiger partial charge in [0, 0.05) is 22.9 Å². The van der Waals surface area contributed by atoms with Gasteiger partial charge in [0.2, 0.25) is 0 Å². The summed E-state index contributed by atoms with van der Waals surface area (Å²) in [6, 6.07) is 5.90. The fourth-order valence-corrected chi connectivity index (χ4v) is 3.07. The number of imidazole rings is 1. The van der Waals surface area contributed by atoms with Crippen LogP contribution in [0.4, 0.5) is 0 Å². The van der Waals surface area contributed by atoms with E-state index in [1.807, 2.05) is 24.5 Å². The van der Waals surface area contributed by atoms with Gasteiger partial charge in [0.25, 0.3) is 0 Å². The largest absolute Gasteiger partial charge is 0.333 e. The summed E-state index contributed by atoms with van der Waals surface area (Å²) >= 11 is 3.28. The van der Waals surface area contributed by atoms with Crippen LogP contribution in [0.5, 0.6) is 0 Å². The van der Waals surface area contributed by atoms with Crippen molar-refractivity contribution < 1.29 is 0 Å². The van der Waals surface area contributed by atoms with Crippen LogP contribution in [0.25, 0.3) is 22.4 Å². The van der Waals surface area contributed by atoms with Crippen molar-refractivity contribution >= 4 is 34.6 Å². The molecule has 19 heavy (non-hydrogen) atoms. The summed E-state index contributed by atoms with van der Waals surface area (Å²) < 4.78 is 0. The molecule has 2 heterocycles. The molecule has 0 aliphatic carbocycles. The highest BCUT2D eigenvalue weighted by Crippen LogP contribution is 2.34. The third-order valence-electron chi connectivity index (χ3n) is 2.79. The number of benzene rings is 1. The van der Waals surface area contributed by atoms with Crippen molar-refractivity contribution in [3.05, 3.63) is 30.6 Å². The molecule has 3 aromatic rings. The van der Waals surface area contributed by atoms with Crippen molar-refractivity contribution in [2.45, 2.75) is 10.1 Å². The number of hydrogen-bond donors (Lipinski definition) is 1. The minimum atomic E-state index is 0.738. The van der Waals surface area contributed by atoms with E-state index in [1.54, 1.807) is 35.9 Å². The van der Waals surface area contributed by atoms with Crippen molar-refractivity contribution in [3.63, 3.8) is 0 Å². The van der Waals surface area contributed by atoms with E-state index in [9.17, 15) is 0 Å². The molecule has 0 fully saturated rings. The van der Waals surface area contributed by atoms with Crippen LogP contribution in [0.1, 0.15) is 0 Å². The average molecular weight is 288 g/mol. The van der Waals surface area contributed by atoms with Crippen LogP contribution in [-0.2, 0) is 0 Å². The van der Waals surface area contributed by atoms with E-state index >= 15 is 0 Å². The van der Waals surface area contributed by atoms with E-state index < -0.39 is 0 Å². The minimum absolute atomic E-state index is 0.738. The Morgan fingerprint density at radius 2 is 1.84 bits per heavy atom. The fraction of sp³-hybridized carbons (Fsp3) is 0.154. The van der Waals surface area contributed by atoms with Gasteiger partial charge in [0.1, 0.15) is 5.52 Å². The first-order chi connectivity index (χ1) is 9.33. The van der Waals surface area contributed by atoms with Crippen LogP contribution in [0.3, 0.4) is 0 Å². The number of nitrogens with zero attached hydrogens (tertiary/aromatic N) is 3. The number of H-pyrrole nitrogens is 1. The predicted molar refractivity (Wildman–Crippen MR) is 80.7 cm³/mol. The summed E-state index contributed by atoms with van der Waals surface area (Å²) in [7, 11) is 0. The minimum Gasteiger partial charge on any atom is -0.333 e. The van der Waals surface area contributed by atoms with Gasteiger partial charge >= 0.3 is 0 Å². The smallest absolute Gasteiger partial charge is 0.166 e. The molecule has 0 unspecified atom stereocenters. The lowest BCUT2D eigenvalue weighted by Crippen LogP contribution is -1.90. The first kappa shape index (κ1) is 12.5. The van der Waals surface area contributed by atoms with E-state index in [0.717, 1.165) is 32.5 Å². The normalized spacial score (nSPS) is 11.1. The molecular weight excluding hydrogens is 276 g/mol. The highest BCUT2D eigenvalue weighted by atomic mass is 32.2. The van der Waals surface area contributed by atoms with Gasteiger partial charge in [-0.25, -0.2) is 15.0 Å². The number of nitrogens with one attached hydrogen (secondary N) is 1. The molecule has 0 bridgehead atoms. The molecule has 0 amide bonds. The van der Waals surface area contributed by atoms with Crippen LogP contribution in [0.15, 0.2) is 40.6 Å². The number of hydrogen-bond acceptors (Lipinski definition) is 5. The second-order valence-electron chi connectivity index (χ2n) is 3.86. The van der Waals surface area contributed by atoms with Crippen LogP contribution in [0, 0.1) is 0 Å². The molecule has 0 aliphatic heterocycles. The lowest BCUT2D eigenvalue weighted by Gasteiger charge is -2.06. The molecule has 0 atom stereocenters. The summed E-state index contributed by atoms with van der Waals surface area (Å²) in [5.41, 5.74) is 3.06. The van der Waals surface area contributed by atoms with Gasteiger partial charge in [-0.2, -0.15) is 0 Å². The Labute approximate surface area is 119 Å². The van der Waals surface area contributed by atoms with Gasteiger partial charge in [-0.15, -0.1) is 11.8 Å². The topological polar surface area (TPSA) is 54.5 Å². The lowest BCUT2D eigenvalue weighted by molar-refractivity contribution is 1.08. The lowest BCUT2D eigenvalue weighted by atomic mass is 10.2. The number of aromatic nitrogens is 4. The van der Waals surface area contributed by atoms with Crippen molar-refractivity contribution in [1.82, 2.24) is 19.9 Å². The third-order valence-corrected chi connectivity index (χ3v) is 4.19. The maximum atomic E-state index is 4.62. The van der Waals surface area contributed by atoms with Crippen molar-refractivity contribution in [2.24, 2.45) is 0 Å². The molecule has 3 rings (SSSR count). The molecule has 4 nitrogen and oxygen atoms in total. The van der Waals surface area contributed by atoms with Gasteiger partial charge in [0.05, 0.1) is 5.52 Å². The maximum Gasteiger partial charge on any atom is 0.166 e. The summed E-state index contributed by atoms with van der Waals surface area (Å²) in [5, 5.41) is 0.927. The van der Waals surface area contributed by atoms with Crippen molar-refractivity contribution in [2.75, 3.05) is 12.5 Å². The summed E-state index contributed by atoms with van der Waals surface area (Å²) in [5.74, 6) is 0.738. The molecule has 0 spiro atoms. The van der Waals surface area contributed by atoms with Crippen molar-refractivity contribution in [1.29, 1.82) is 0 Å². The van der Waals surface area contributed by atoms with Crippen LogP contribution in [0.2, 0.25) is 0 Å². The van der Waals surface area contributed by atoms with Gasteiger partial charge in [-0.1, -0.05) is 11.8 Å². The van der Waals surface area contributed by atoms with E-state index in [-0.39, 0.29) is 0 Å². The van der Waals surface area contributed by atoms with E-state index in [2.05, 4.69) is 26.2 Å². The quantitative estimate of drug-likeness (QED) is 0.748. The highest BCUT2D eigenvalue weighted by molar-refractivity contribution is 7.99. The zero-order valence-corrected chi connectivity index (χ0v) is 12.2. The maximum absolute atomic E-state index is 4.62. The third kappa shape index (κ3) is 2.21. The molecular formula is C13H12N4S2. The van der Waals surface area contributed by atoms with Gasteiger partial charge in [0.15, 0.2) is 11.0 Å². The fourth-order valence-electron chi connectivity index (χ4n) is 1.95. The summed E-state index contributed by atoms with van der Waals surface area (Å²) in [6.45, 7) is 0. The zero-order valence-electron chi connectivity index (χ0n) is 10.5. The molecule has 6 heteroatoms. The Morgan fingerprint density at radius 1 is 1.05 bits per heavy atom. The molecule has 0 saturated heterocycles. The van der Waals surface area contributed by atoms with Crippen LogP contribution in [-0.4, -0.2) is 32.4 Å². The first-order valence-electron chi connectivity index (χ1n) is 5.71. The molecule has 1 N–H and O–H groups in total. The Balaban J connectivity index is 2.26. The molecule has 1 aromatic carbocycles. The Bertz CT molecular complexity index is 709. The second-order valence-corrected chi connectivity index (χ2v) is 5.47. The molecule has 0 radical (unpaired) electrons. The SMILES string of the molecule is CSc1nc2c(SC)c(-c3ncccn3)ccc2[nH]1. The monoisotopic (exact) mass is 288 g/mol. The average Bonchev–Trinajstić information content (AvgIpc) is 2.90. The van der Waals surface area contributed by atoms with Gasteiger partial charge < -0.3 is 4.98 Å². The zero-order chi connectivity index (χ0) is 13.2. The number of aromatic amines is 1. The summed E-state index contributed by atoms with van der Waals surface area (Å²) in [4.78, 5) is 17.7. The summed E-state index contributed by atoms with van der Waals surface area (Å²) in [6.07, 6.45) is 7.58. The van der Waals surface area contributed by atoms with E-state index in [4.69, 9.17) is 0 Å². The van der Waals surface area contributed by atoms with E-state index in [0.29, 0.717) is 0 Å². The molecule has 2 aromatic heterocycles. The first-order valence-corrected chi connectivity index (χ1v) is 8.16. The van der Waals surface area contributed by atoms with Crippen molar-refractivity contribution in [3.8, 4) is 11.4 Å². The van der Waals surface area contributed by atoms with Gasteiger partial charge in [-0.3, -0.25) is 0 Å². The molecule has 0 saturated carbocycles. The molecule has 96 valence electrons. The van der Waals surface area contributed by atoms with Crippen LogP contribution >= 0.6 is 23.5 Å². The Morgan fingerprint density at radius 3 is 2.53 bits per heavy atom.